The van der Waals surface area contributed by atoms with Crippen molar-refractivity contribution >= 4 is 5.97 Å². The Kier molecular flexibility index (Phi) is 6.41. The number of hydrogen-bond acceptors (Lipinski definition) is 2. The number of benzene rings is 1. The summed E-state index contributed by atoms with van der Waals surface area (Å²) in [5.74, 6) is -0.530. The fourth-order valence-corrected chi connectivity index (χ4v) is 2.85. The van der Waals surface area contributed by atoms with Crippen LogP contribution in [0.2, 0.25) is 0 Å². The first-order chi connectivity index (χ1) is 9.76. The number of nitrogens with two attached hydrogens (primary N) is 1. The minimum absolute atomic E-state index is 0.377. The van der Waals surface area contributed by atoms with Crippen molar-refractivity contribution in [2.45, 2.75) is 65.3 Å². The molecule has 0 bridgehead atoms. The lowest BCUT2D eigenvalue weighted by Gasteiger charge is -2.25. The molecule has 0 aliphatic carbocycles. The van der Waals surface area contributed by atoms with Crippen LogP contribution in [0.1, 0.15) is 56.2 Å². The zero-order valence-corrected chi connectivity index (χ0v) is 13.8. The van der Waals surface area contributed by atoms with Crippen LogP contribution in [0.4, 0.5) is 0 Å². The van der Waals surface area contributed by atoms with E-state index in [9.17, 15) is 4.79 Å². The summed E-state index contributed by atoms with van der Waals surface area (Å²) in [6.45, 7) is 7.99. The second kappa shape index (κ2) is 7.60. The largest absolute Gasteiger partial charge is 0.480 e. The SMILES string of the molecule is CCC(CCCc1ccc(C)cc1C)CC(C)(N)C(=O)O. The number of aryl methyl sites for hydroxylation is 3. The zero-order valence-electron chi connectivity index (χ0n) is 13.8. The second-order valence-electron chi connectivity index (χ2n) is 6.52. The first kappa shape index (κ1) is 17.7. The highest BCUT2D eigenvalue weighted by Crippen LogP contribution is 2.24. The first-order valence-corrected chi connectivity index (χ1v) is 7.84. The summed E-state index contributed by atoms with van der Waals surface area (Å²) in [6.07, 6.45) is 4.69. The molecule has 1 aromatic carbocycles. The van der Waals surface area contributed by atoms with Gasteiger partial charge in [0.05, 0.1) is 0 Å². The maximum absolute atomic E-state index is 11.1. The molecule has 0 aliphatic rings. The number of carbonyl (C=O) groups is 1. The fraction of sp³-hybridized carbons (Fsp3) is 0.611. The van der Waals surface area contributed by atoms with E-state index in [0.717, 1.165) is 25.7 Å². The lowest BCUT2D eigenvalue weighted by atomic mass is 9.84. The van der Waals surface area contributed by atoms with Gasteiger partial charge in [0.25, 0.3) is 0 Å². The third-order valence-corrected chi connectivity index (χ3v) is 4.34. The van der Waals surface area contributed by atoms with Crippen LogP contribution >= 0.6 is 0 Å². The van der Waals surface area contributed by atoms with Crippen molar-refractivity contribution in [2.24, 2.45) is 11.7 Å². The van der Waals surface area contributed by atoms with Gasteiger partial charge in [-0.15, -0.1) is 0 Å². The van der Waals surface area contributed by atoms with Crippen molar-refractivity contribution in [3.63, 3.8) is 0 Å². The van der Waals surface area contributed by atoms with Crippen molar-refractivity contribution in [1.82, 2.24) is 0 Å². The van der Waals surface area contributed by atoms with Crippen LogP contribution in [0.3, 0.4) is 0 Å². The molecule has 0 fully saturated rings. The molecule has 0 aromatic heterocycles. The molecule has 3 N–H and O–H groups in total. The number of aliphatic carboxylic acids is 1. The normalized spacial score (nSPS) is 15.5. The highest BCUT2D eigenvalue weighted by molar-refractivity contribution is 5.77. The third kappa shape index (κ3) is 5.50. The summed E-state index contributed by atoms with van der Waals surface area (Å²) < 4.78 is 0. The molecule has 0 saturated heterocycles. The van der Waals surface area contributed by atoms with Crippen molar-refractivity contribution < 1.29 is 9.90 Å². The van der Waals surface area contributed by atoms with E-state index in [1.807, 2.05) is 0 Å². The standard InChI is InChI=1S/C18H29NO2/c1-5-15(12-18(4,19)17(20)21)7-6-8-16-10-9-13(2)11-14(16)3/h9-11,15H,5-8,12,19H2,1-4H3,(H,20,21). The minimum atomic E-state index is -1.11. The van der Waals surface area contributed by atoms with Crippen LogP contribution in [-0.2, 0) is 11.2 Å². The van der Waals surface area contributed by atoms with Gasteiger partial charge in [0.2, 0.25) is 0 Å². The van der Waals surface area contributed by atoms with Gasteiger partial charge in [-0.1, -0.05) is 43.5 Å². The zero-order chi connectivity index (χ0) is 16.0. The summed E-state index contributed by atoms with van der Waals surface area (Å²) in [6, 6.07) is 6.57. The van der Waals surface area contributed by atoms with E-state index in [-0.39, 0.29) is 0 Å². The molecule has 0 radical (unpaired) electrons. The molecule has 2 unspecified atom stereocenters. The van der Waals surface area contributed by atoms with E-state index in [2.05, 4.69) is 39.0 Å². The van der Waals surface area contributed by atoms with Crippen LogP contribution in [0.25, 0.3) is 0 Å². The Hall–Kier alpha value is -1.35. The molecule has 1 rings (SSSR count). The highest BCUT2D eigenvalue weighted by Gasteiger charge is 2.30. The smallest absolute Gasteiger partial charge is 0.323 e. The Morgan fingerprint density at radius 2 is 2.05 bits per heavy atom. The van der Waals surface area contributed by atoms with Gasteiger partial charge in [0.1, 0.15) is 5.54 Å². The molecule has 3 heteroatoms. The van der Waals surface area contributed by atoms with E-state index in [0.29, 0.717) is 12.3 Å². The summed E-state index contributed by atoms with van der Waals surface area (Å²) in [5.41, 5.74) is 8.78. The van der Waals surface area contributed by atoms with Gasteiger partial charge in [0, 0.05) is 0 Å². The van der Waals surface area contributed by atoms with E-state index < -0.39 is 11.5 Å². The van der Waals surface area contributed by atoms with Gasteiger partial charge < -0.3 is 10.8 Å². The van der Waals surface area contributed by atoms with Gasteiger partial charge in [-0.2, -0.15) is 0 Å². The molecule has 0 spiro atoms. The summed E-state index contributed by atoms with van der Waals surface area (Å²) >= 11 is 0. The van der Waals surface area contributed by atoms with Crippen molar-refractivity contribution in [3.05, 3.63) is 34.9 Å². The molecule has 118 valence electrons. The Bertz CT molecular complexity index is 480. The molecular formula is C18H29NO2. The maximum Gasteiger partial charge on any atom is 0.323 e. The summed E-state index contributed by atoms with van der Waals surface area (Å²) in [5, 5.41) is 9.13. The quantitative estimate of drug-likeness (QED) is 0.764. The summed E-state index contributed by atoms with van der Waals surface area (Å²) in [4.78, 5) is 11.1. The maximum atomic E-state index is 11.1. The Labute approximate surface area is 128 Å². The molecule has 2 atom stereocenters. The van der Waals surface area contributed by atoms with E-state index in [4.69, 9.17) is 10.8 Å². The van der Waals surface area contributed by atoms with Crippen molar-refractivity contribution in [3.8, 4) is 0 Å². The molecular weight excluding hydrogens is 262 g/mol. The second-order valence-corrected chi connectivity index (χ2v) is 6.52. The highest BCUT2D eigenvalue weighted by atomic mass is 16.4. The van der Waals surface area contributed by atoms with Gasteiger partial charge in [0.15, 0.2) is 0 Å². The van der Waals surface area contributed by atoms with E-state index in [1.54, 1.807) is 6.92 Å². The van der Waals surface area contributed by atoms with Crippen LogP contribution < -0.4 is 5.73 Å². The minimum Gasteiger partial charge on any atom is -0.480 e. The van der Waals surface area contributed by atoms with Crippen molar-refractivity contribution in [2.75, 3.05) is 0 Å². The average molecular weight is 291 g/mol. The van der Waals surface area contributed by atoms with Gasteiger partial charge >= 0.3 is 5.97 Å². The first-order valence-electron chi connectivity index (χ1n) is 7.84. The predicted octanol–water partition coefficient (Wildman–Crippen LogP) is 3.84. The van der Waals surface area contributed by atoms with Crippen LogP contribution in [-0.4, -0.2) is 16.6 Å². The predicted molar refractivity (Wildman–Crippen MR) is 87.5 cm³/mol. The topological polar surface area (TPSA) is 63.3 Å². The molecule has 0 saturated carbocycles. The molecule has 1 aromatic rings. The van der Waals surface area contributed by atoms with Crippen LogP contribution in [0, 0.1) is 19.8 Å². The van der Waals surface area contributed by atoms with E-state index >= 15 is 0 Å². The third-order valence-electron chi connectivity index (χ3n) is 4.34. The number of hydrogen-bond donors (Lipinski definition) is 2. The fourth-order valence-electron chi connectivity index (χ4n) is 2.85. The average Bonchev–Trinajstić information content (AvgIpc) is 2.39. The lowest BCUT2D eigenvalue weighted by molar-refractivity contribution is -0.143. The molecule has 21 heavy (non-hydrogen) atoms. The Morgan fingerprint density at radius 1 is 1.38 bits per heavy atom. The molecule has 0 amide bonds. The molecule has 0 aliphatic heterocycles. The monoisotopic (exact) mass is 291 g/mol. The van der Waals surface area contributed by atoms with Crippen LogP contribution in [0.15, 0.2) is 18.2 Å². The summed E-state index contributed by atoms with van der Waals surface area (Å²) in [7, 11) is 0. The number of rotatable bonds is 8. The van der Waals surface area contributed by atoms with Gasteiger partial charge in [-0.25, -0.2) is 0 Å². The van der Waals surface area contributed by atoms with Gasteiger partial charge in [-0.3, -0.25) is 4.79 Å². The molecule has 0 heterocycles. The number of carboxylic acid groups (broad SMARTS) is 1. The van der Waals surface area contributed by atoms with Crippen molar-refractivity contribution in [1.29, 1.82) is 0 Å². The van der Waals surface area contributed by atoms with Gasteiger partial charge in [-0.05, 0) is 57.1 Å². The lowest BCUT2D eigenvalue weighted by Crippen LogP contribution is -2.46. The number of carboxylic acids is 1. The molecule has 3 nitrogen and oxygen atoms in total. The van der Waals surface area contributed by atoms with Crippen LogP contribution in [0.5, 0.6) is 0 Å². The Balaban J connectivity index is 2.51. The van der Waals surface area contributed by atoms with E-state index in [1.165, 1.54) is 16.7 Å². The Morgan fingerprint density at radius 3 is 2.57 bits per heavy atom.